The summed E-state index contributed by atoms with van der Waals surface area (Å²) in [5.41, 5.74) is 1.21. The van der Waals surface area contributed by atoms with Crippen molar-refractivity contribution >= 4 is 11.8 Å². The van der Waals surface area contributed by atoms with Gasteiger partial charge in [0, 0.05) is 18.2 Å². The zero-order chi connectivity index (χ0) is 19.2. The fourth-order valence-corrected chi connectivity index (χ4v) is 3.84. The fraction of sp³-hybridized carbons (Fsp3) is 0.333. The van der Waals surface area contributed by atoms with Crippen LogP contribution in [0, 0.1) is 11.6 Å². The van der Waals surface area contributed by atoms with Gasteiger partial charge in [-0.15, -0.1) is 0 Å². The van der Waals surface area contributed by atoms with E-state index in [0.717, 1.165) is 11.6 Å². The molecule has 0 radical (unpaired) electrons. The van der Waals surface area contributed by atoms with Crippen LogP contribution in [0.15, 0.2) is 42.5 Å². The Hall–Kier alpha value is -2.76. The molecule has 2 aromatic rings. The second-order valence-corrected chi connectivity index (χ2v) is 7.24. The Balaban J connectivity index is 1.54. The third-order valence-electron chi connectivity index (χ3n) is 5.44. The molecule has 6 heteroatoms. The van der Waals surface area contributed by atoms with Crippen LogP contribution in [0.4, 0.5) is 8.78 Å². The second kappa shape index (κ2) is 6.44. The molecule has 0 unspecified atom stereocenters. The number of carbonyl (C=O) groups excluding carboxylic acids is 2. The summed E-state index contributed by atoms with van der Waals surface area (Å²) in [6.45, 7) is 2.24. The van der Waals surface area contributed by atoms with E-state index < -0.39 is 23.2 Å². The third kappa shape index (κ3) is 3.09. The fourth-order valence-electron chi connectivity index (χ4n) is 3.84. The van der Waals surface area contributed by atoms with Crippen molar-refractivity contribution in [3.8, 4) is 0 Å². The van der Waals surface area contributed by atoms with Gasteiger partial charge in [0.1, 0.15) is 17.7 Å². The van der Waals surface area contributed by atoms with E-state index in [1.54, 1.807) is 17.0 Å². The Morgan fingerprint density at radius 3 is 2.44 bits per heavy atom. The highest BCUT2D eigenvalue weighted by molar-refractivity contribution is 6.01. The van der Waals surface area contributed by atoms with Crippen LogP contribution in [0.1, 0.15) is 47.7 Å². The number of hydrogen-bond acceptors (Lipinski definition) is 2. The van der Waals surface area contributed by atoms with Crippen molar-refractivity contribution in [2.24, 2.45) is 0 Å². The number of nitrogens with one attached hydrogen (secondary N) is 1. The molecule has 1 aliphatic carbocycles. The molecule has 2 amide bonds. The van der Waals surface area contributed by atoms with Gasteiger partial charge in [-0.3, -0.25) is 9.59 Å². The van der Waals surface area contributed by atoms with Gasteiger partial charge in [-0.25, -0.2) is 8.78 Å². The molecular formula is C21H20F2N2O2. The molecule has 1 atom stereocenters. The van der Waals surface area contributed by atoms with Crippen LogP contribution in [-0.2, 0) is 16.9 Å². The van der Waals surface area contributed by atoms with E-state index in [0.29, 0.717) is 36.9 Å². The summed E-state index contributed by atoms with van der Waals surface area (Å²) in [6, 6.07) is 10.0. The molecule has 1 aliphatic heterocycles. The normalized spacial score (nSPS) is 18.2. The van der Waals surface area contributed by atoms with E-state index in [2.05, 4.69) is 5.32 Å². The zero-order valence-corrected chi connectivity index (χ0v) is 15.0. The third-order valence-corrected chi connectivity index (χ3v) is 5.44. The Kier molecular flexibility index (Phi) is 4.21. The van der Waals surface area contributed by atoms with Crippen LogP contribution in [0.25, 0.3) is 0 Å². The summed E-state index contributed by atoms with van der Waals surface area (Å²) in [5.74, 6) is -1.78. The first-order chi connectivity index (χ1) is 12.9. The predicted molar refractivity (Wildman–Crippen MR) is 95.8 cm³/mol. The summed E-state index contributed by atoms with van der Waals surface area (Å²) in [5, 5.41) is 2.95. The van der Waals surface area contributed by atoms with Crippen molar-refractivity contribution in [3.05, 3.63) is 70.8 Å². The molecule has 1 fully saturated rings. The summed E-state index contributed by atoms with van der Waals surface area (Å²) in [7, 11) is 0. The van der Waals surface area contributed by atoms with Crippen molar-refractivity contribution < 1.29 is 18.4 Å². The maximum absolute atomic E-state index is 13.6. The number of nitrogens with zero attached hydrogens (tertiary/aromatic N) is 1. The monoisotopic (exact) mass is 370 g/mol. The largest absolute Gasteiger partial charge is 0.345 e. The van der Waals surface area contributed by atoms with Gasteiger partial charge in [-0.05, 0) is 48.6 Å². The minimum absolute atomic E-state index is 0.158. The quantitative estimate of drug-likeness (QED) is 0.876. The summed E-state index contributed by atoms with van der Waals surface area (Å²) in [6.07, 6.45) is 1.69. The molecule has 4 rings (SSSR count). The minimum atomic E-state index is -0.747. The van der Waals surface area contributed by atoms with Gasteiger partial charge in [0.25, 0.3) is 5.91 Å². The van der Waals surface area contributed by atoms with E-state index in [4.69, 9.17) is 0 Å². The number of benzene rings is 2. The smallest absolute Gasteiger partial charge is 0.255 e. The average Bonchev–Trinajstić information content (AvgIpc) is 3.34. The van der Waals surface area contributed by atoms with E-state index >= 15 is 0 Å². The lowest BCUT2D eigenvalue weighted by molar-refractivity contribution is -0.127. The summed E-state index contributed by atoms with van der Waals surface area (Å²) in [4.78, 5) is 27.2. The van der Waals surface area contributed by atoms with Crippen LogP contribution in [0.5, 0.6) is 0 Å². The van der Waals surface area contributed by atoms with Gasteiger partial charge in [0.15, 0.2) is 0 Å². The Labute approximate surface area is 156 Å². The average molecular weight is 370 g/mol. The zero-order valence-electron chi connectivity index (χ0n) is 15.0. The molecule has 1 heterocycles. The van der Waals surface area contributed by atoms with E-state index in [9.17, 15) is 18.4 Å². The molecular weight excluding hydrogens is 350 g/mol. The van der Waals surface area contributed by atoms with E-state index in [-0.39, 0.29) is 11.8 Å². The van der Waals surface area contributed by atoms with Gasteiger partial charge in [-0.2, -0.15) is 0 Å². The molecule has 1 N–H and O–H groups in total. The Bertz CT molecular complexity index is 904. The van der Waals surface area contributed by atoms with Crippen molar-refractivity contribution in [1.82, 2.24) is 10.2 Å². The van der Waals surface area contributed by atoms with Gasteiger partial charge in [0.2, 0.25) is 5.91 Å². The Morgan fingerprint density at radius 1 is 1.19 bits per heavy atom. The lowest BCUT2D eigenvalue weighted by atomic mass is 10.0. The molecule has 0 spiro atoms. The van der Waals surface area contributed by atoms with Gasteiger partial charge < -0.3 is 10.2 Å². The maximum atomic E-state index is 13.6. The molecule has 1 saturated carbocycles. The highest BCUT2D eigenvalue weighted by atomic mass is 19.1. The van der Waals surface area contributed by atoms with Crippen molar-refractivity contribution in [3.63, 3.8) is 0 Å². The minimum Gasteiger partial charge on any atom is -0.345 e. The molecule has 2 aromatic carbocycles. The molecule has 0 aromatic heterocycles. The number of amides is 2. The highest BCUT2D eigenvalue weighted by Crippen LogP contribution is 2.46. The van der Waals surface area contributed by atoms with E-state index in [1.165, 1.54) is 12.1 Å². The van der Waals surface area contributed by atoms with Crippen LogP contribution >= 0.6 is 0 Å². The number of halogens is 2. The lowest BCUT2D eigenvalue weighted by Gasteiger charge is -2.28. The molecule has 4 nitrogen and oxygen atoms in total. The first kappa shape index (κ1) is 17.6. The van der Waals surface area contributed by atoms with Gasteiger partial charge in [-0.1, -0.05) is 25.1 Å². The first-order valence-corrected chi connectivity index (χ1v) is 9.11. The SMILES string of the molecule is CC[C@@H](C(=O)NC1(c2cc(F)cc(F)c2)CC1)N1Cc2ccccc2C1=O. The highest BCUT2D eigenvalue weighted by Gasteiger charge is 2.48. The topological polar surface area (TPSA) is 49.4 Å². The first-order valence-electron chi connectivity index (χ1n) is 9.11. The van der Waals surface area contributed by atoms with E-state index in [1.807, 2.05) is 19.1 Å². The van der Waals surface area contributed by atoms with Crippen molar-refractivity contribution in [1.29, 1.82) is 0 Å². The maximum Gasteiger partial charge on any atom is 0.255 e. The van der Waals surface area contributed by atoms with Crippen LogP contribution < -0.4 is 5.32 Å². The molecule has 0 bridgehead atoms. The summed E-state index contributed by atoms with van der Waals surface area (Å²) < 4.78 is 27.2. The molecule has 0 saturated heterocycles. The van der Waals surface area contributed by atoms with Crippen molar-refractivity contribution in [2.75, 3.05) is 0 Å². The predicted octanol–water partition coefficient (Wildman–Crippen LogP) is 3.50. The lowest BCUT2D eigenvalue weighted by Crippen LogP contribution is -2.49. The van der Waals surface area contributed by atoms with Gasteiger partial charge >= 0.3 is 0 Å². The van der Waals surface area contributed by atoms with Crippen LogP contribution in [0.3, 0.4) is 0 Å². The van der Waals surface area contributed by atoms with Crippen LogP contribution in [0.2, 0.25) is 0 Å². The van der Waals surface area contributed by atoms with Gasteiger partial charge in [0.05, 0.1) is 5.54 Å². The Morgan fingerprint density at radius 2 is 1.85 bits per heavy atom. The standard InChI is InChI=1S/C21H20F2N2O2/c1-2-18(25-12-13-5-3-4-6-17(13)20(25)27)19(26)24-21(7-8-21)14-9-15(22)11-16(23)10-14/h3-6,9-11,18H,2,7-8,12H2,1H3,(H,24,26)/t18-/m0/s1. The molecule has 27 heavy (non-hydrogen) atoms. The number of fused-ring (bicyclic) bond motifs is 1. The van der Waals surface area contributed by atoms with Crippen molar-refractivity contribution in [2.45, 2.75) is 44.3 Å². The number of hydrogen-bond donors (Lipinski definition) is 1. The number of rotatable bonds is 5. The molecule has 2 aliphatic rings. The number of carbonyl (C=O) groups is 2. The van der Waals surface area contributed by atoms with Crippen LogP contribution in [-0.4, -0.2) is 22.8 Å². The molecule has 140 valence electrons. The summed E-state index contributed by atoms with van der Waals surface area (Å²) >= 11 is 0. The second-order valence-electron chi connectivity index (χ2n) is 7.24.